The molecule has 1 atom stereocenters. The highest BCUT2D eigenvalue weighted by Gasteiger charge is 2.14. The molecule has 30 heavy (non-hydrogen) atoms. The summed E-state index contributed by atoms with van der Waals surface area (Å²) in [7, 11) is 0. The first-order valence-electron chi connectivity index (χ1n) is 9.10. The van der Waals surface area contributed by atoms with Gasteiger partial charge in [0.05, 0.1) is 29.4 Å². The number of rotatable bonds is 6. The molecular formula is C21H18FN7O. The molecular weight excluding hydrogens is 385 g/mol. The van der Waals surface area contributed by atoms with Crippen LogP contribution in [0, 0.1) is 11.2 Å². The zero-order chi connectivity index (χ0) is 21.1. The number of aliphatic hydroxyl groups is 1. The fourth-order valence-corrected chi connectivity index (χ4v) is 3.12. The van der Waals surface area contributed by atoms with Gasteiger partial charge in [-0.1, -0.05) is 18.2 Å². The molecule has 9 heteroatoms. The maximum absolute atomic E-state index is 13.1. The van der Waals surface area contributed by atoms with Gasteiger partial charge in [0.15, 0.2) is 0 Å². The Morgan fingerprint density at radius 1 is 1.13 bits per heavy atom. The zero-order valence-electron chi connectivity index (χ0n) is 15.7. The maximum Gasteiger partial charge on any atom is 0.223 e. The number of hydrogen-bond acceptors (Lipinski definition) is 8. The van der Waals surface area contributed by atoms with Crippen molar-refractivity contribution in [3.05, 3.63) is 71.9 Å². The van der Waals surface area contributed by atoms with Crippen molar-refractivity contribution in [1.82, 2.24) is 19.9 Å². The molecule has 0 radical (unpaired) electrons. The quantitative estimate of drug-likeness (QED) is 0.364. The highest BCUT2D eigenvalue weighted by atomic mass is 19.1. The Bertz CT molecular complexity index is 1210. The van der Waals surface area contributed by atoms with Crippen LogP contribution in [0.15, 0.2) is 55.0 Å². The monoisotopic (exact) mass is 403 g/mol. The summed E-state index contributed by atoms with van der Waals surface area (Å²) in [5.41, 5.74) is 9.01. The molecule has 0 bridgehead atoms. The number of hydrogen-bond donors (Lipinski definition) is 4. The summed E-state index contributed by atoms with van der Waals surface area (Å²) < 4.78 is 13.1. The predicted octanol–water partition coefficient (Wildman–Crippen LogP) is 2.95. The first kappa shape index (κ1) is 19.3. The summed E-state index contributed by atoms with van der Waals surface area (Å²) >= 11 is 0. The molecule has 0 fully saturated rings. The second-order valence-electron chi connectivity index (χ2n) is 6.56. The van der Waals surface area contributed by atoms with Crippen LogP contribution >= 0.6 is 0 Å². The Morgan fingerprint density at radius 2 is 1.93 bits per heavy atom. The van der Waals surface area contributed by atoms with Gasteiger partial charge in [-0.2, -0.15) is 0 Å². The van der Waals surface area contributed by atoms with Crippen LogP contribution in [0.5, 0.6) is 0 Å². The summed E-state index contributed by atoms with van der Waals surface area (Å²) in [4.78, 5) is 17.0. The van der Waals surface area contributed by atoms with E-state index >= 15 is 0 Å². The number of aromatic nitrogens is 4. The van der Waals surface area contributed by atoms with Gasteiger partial charge < -0.3 is 21.6 Å². The van der Waals surface area contributed by atoms with Gasteiger partial charge in [0.25, 0.3) is 0 Å². The number of nitrogen functional groups attached to an aromatic ring is 1. The molecule has 0 amide bonds. The lowest BCUT2D eigenvalue weighted by molar-refractivity contribution is 0.276. The van der Waals surface area contributed by atoms with Crippen LogP contribution in [-0.4, -0.2) is 37.9 Å². The molecule has 2 aromatic heterocycles. The summed E-state index contributed by atoms with van der Waals surface area (Å²) in [6, 6.07) is 10.9. The molecule has 150 valence electrons. The van der Waals surface area contributed by atoms with E-state index in [1.165, 1.54) is 18.5 Å². The number of benzene rings is 2. The predicted molar refractivity (Wildman–Crippen MR) is 113 cm³/mol. The molecule has 8 nitrogen and oxygen atoms in total. The number of nitrogens with two attached hydrogens (primary N) is 1. The summed E-state index contributed by atoms with van der Waals surface area (Å²) in [5.74, 6) is 0.233. The van der Waals surface area contributed by atoms with Crippen molar-refractivity contribution in [3.63, 3.8) is 0 Å². The van der Waals surface area contributed by atoms with Crippen molar-refractivity contribution in [2.45, 2.75) is 6.04 Å². The van der Waals surface area contributed by atoms with E-state index in [2.05, 4.69) is 25.3 Å². The van der Waals surface area contributed by atoms with E-state index in [9.17, 15) is 9.50 Å². The Balaban J connectivity index is 1.64. The average molecular weight is 403 g/mol. The average Bonchev–Trinajstić information content (AvgIpc) is 2.77. The van der Waals surface area contributed by atoms with Crippen LogP contribution in [0.1, 0.15) is 17.2 Å². The van der Waals surface area contributed by atoms with Gasteiger partial charge in [0, 0.05) is 23.4 Å². The molecule has 0 aliphatic heterocycles. The highest BCUT2D eigenvalue weighted by molar-refractivity contribution is 5.94. The minimum atomic E-state index is -0.471. The van der Waals surface area contributed by atoms with Crippen molar-refractivity contribution in [1.29, 1.82) is 5.41 Å². The van der Waals surface area contributed by atoms with Crippen LogP contribution in [-0.2, 0) is 0 Å². The minimum absolute atomic E-state index is 0.201. The standard InChI is InChI=1S/C21H18FN7O/c22-15-4-1-12(2-5-15)18(10-30)29-21-25-9-14-7-13(3-6-17(14)28-21)19-16(8-23)20(24)27-11-26-19/h1-9,11,18,23,30H,10H2,(H2,24,26,27)(H,25,28,29)/t18-/m1/s1. The number of fused-ring (bicyclic) bond motifs is 1. The Hall–Kier alpha value is -3.98. The molecule has 0 saturated carbocycles. The number of nitrogens with zero attached hydrogens (tertiary/aromatic N) is 4. The Labute approximate surface area is 171 Å². The first-order valence-corrected chi connectivity index (χ1v) is 9.10. The number of halogens is 1. The number of nitrogens with one attached hydrogen (secondary N) is 2. The Kier molecular flexibility index (Phi) is 5.27. The van der Waals surface area contributed by atoms with Gasteiger partial charge in [-0.3, -0.25) is 0 Å². The van der Waals surface area contributed by atoms with E-state index < -0.39 is 6.04 Å². The van der Waals surface area contributed by atoms with Crippen LogP contribution in [0.25, 0.3) is 22.2 Å². The largest absolute Gasteiger partial charge is 0.394 e. The third-order valence-corrected chi connectivity index (χ3v) is 4.67. The van der Waals surface area contributed by atoms with Crippen LogP contribution in [0.2, 0.25) is 0 Å². The van der Waals surface area contributed by atoms with Crippen LogP contribution in [0.4, 0.5) is 16.2 Å². The van der Waals surface area contributed by atoms with Crippen LogP contribution < -0.4 is 11.1 Å². The highest BCUT2D eigenvalue weighted by Crippen LogP contribution is 2.26. The molecule has 4 rings (SSSR count). The molecule has 0 aliphatic carbocycles. The van der Waals surface area contributed by atoms with Gasteiger partial charge in [-0.05, 0) is 29.8 Å². The smallest absolute Gasteiger partial charge is 0.223 e. The van der Waals surface area contributed by atoms with E-state index in [1.54, 1.807) is 18.3 Å². The fourth-order valence-electron chi connectivity index (χ4n) is 3.12. The lowest BCUT2D eigenvalue weighted by Crippen LogP contribution is -2.16. The molecule has 0 spiro atoms. The molecule has 5 N–H and O–H groups in total. The van der Waals surface area contributed by atoms with E-state index in [0.29, 0.717) is 22.7 Å². The van der Waals surface area contributed by atoms with Gasteiger partial charge in [0.1, 0.15) is 18.0 Å². The fraction of sp³-hybridized carbons (Fsp3) is 0.0952. The lowest BCUT2D eigenvalue weighted by Gasteiger charge is -2.17. The van der Waals surface area contributed by atoms with Gasteiger partial charge in [-0.15, -0.1) is 0 Å². The maximum atomic E-state index is 13.1. The normalized spacial score (nSPS) is 11.9. The topological polar surface area (TPSA) is 134 Å². The molecule has 0 aliphatic rings. The third kappa shape index (κ3) is 3.78. The second-order valence-corrected chi connectivity index (χ2v) is 6.56. The Morgan fingerprint density at radius 3 is 2.67 bits per heavy atom. The molecule has 2 heterocycles. The van der Waals surface area contributed by atoms with Crippen molar-refractivity contribution in [2.24, 2.45) is 0 Å². The summed E-state index contributed by atoms with van der Waals surface area (Å²) in [6.07, 6.45) is 4.14. The van der Waals surface area contributed by atoms with Crippen molar-refractivity contribution in [2.75, 3.05) is 17.7 Å². The van der Waals surface area contributed by atoms with E-state index in [-0.39, 0.29) is 18.2 Å². The molecule has 0 saturated heterocycles. The zero-order valence-corrected chi connectivity index (χ0v) is 15.7. The van der Waals surface area contributed by atoms with Crippen molar-refractivity contribution in [3.8, 4) is 11.3 Å². The van der Waals surface area contributed by atoms with Crippen molar-refractivity contribution >= 4 is 28.9 Å². The number of aliphatic hydroxyl groups excluding tert-OH is 1. The van der Waals surface area contributed by atoms with Gasteiger partial charge in [0.2, 0.25) is 5.95 Å². The number of anilines is 2. The van der Waals surface area contributed by atoms with Crippen molar-refractivity contribution < 1.29 is 9.50 Å². The van der Waals surface area contributed by atoms with E-state index in [0.717, 1.165) is 22.7 Å². The molecule has 2 aromatic carbocycles. The molecule has 4 aromatic rings. The van der Waals surface area contributed by atoms with Crippen LogP contribution in [0.3, 0.4) is 0 Å². The summed E-state index contributed by atoms with van der Waals surface area (Å²) in [5, 5.41) is 21.1. The molecule has 0 unspecified atom stereocenters. The summed E-state index contributed by atoms with van der Waals surface area (Å²) in [6.45, 7) is -0.201. The first-order chi connectivity index (χ1) is 14.6. The SMILES string of the molecule is N=Cc1c(N)ncnc1-c1ccc2nc(N[C@H](CO)c3ccc(F)cc3)ncc2c1. The second kappa shape index (κ2) is 8.18. The lowest BCUT2D eigenvalue weighted by atomic mass is 10.0. The van der Waals surface area contributed by atoms with E-state index in [1.807, 2.05) is 18.2 Å². The minimum Gasteiger partial charge on any atom is -0.394 e. The van der Waals surface area contributed by atoms with Gasteiger partial charge in [-0.25, -0.2) is 24.3 Å². The van der Waals surface area contributed by atoms with E-state index in [4.69, 9.17) is 11.1 Å². The van der Waals surface area contributed by atoms with Gasteiger partial charge >= 0.3 is 0 Å². The third-order valence-electron chi connectivity index (χ3n) is 4.67.